The molecule has 1 N–H and O–H groups in total. The lowest BCUT2D eigenvalue weighted by Gasteiger charge is -2.37. The van der Waals surface area contributed by atoms with E-state index < -0.39 is 0 Å². The topological polar surface area (TPSA) is 86.8 Å². The summed E-state index contributed by atoms with van der Waals surface area (Å²) in [7, 11) is 1.91. The number of pyridine rings is 1. The van der Waals surface area contributed by atoms with Crippen LogP contribution in [-0.4, -0.2) is 32.8 Å². The number of benzene rings is 1. The number of hydrogen-bond acceptors (Lipinski definition) is 5. The van der Waals surface area contributed by atoms with Crippen LogP contribution in [0.3, 0.4) is 0 Å². The van der Waals surface area contributed by atoms with E-state index in [1.807, 2.05) is 30.4 Å². The predicted molar refractivity (Wildman–Crippen MR) is 125 cm³/mol. The highest BCUT2D eigenvalue weighted by molar-refractivity contribution is 5.93. The molecule has 1 aliphatic carbocycles. The third-order valence-corrected chi connectivity index (χ3v) is 6.14. The molecular weight excluding hydrogens is 400 g/mol. The zero-order chi connectivity index (χ0) is 22.7. The number of carbonyl (C=O) groups excluding carboxylic acids is 1. The van der Waals surface area contributed by atoms with E-state index in [4.69, 9.17) is 5.26 Å². The third kappa shape index (κ3) is 4.65. The van der Waals surface area contributed by atoms with E-state index in [2.05, 4.69) is 46.6 Å². The second-order valence-electron chi connectivity index (χ2n) is 8.49. The summed E-state index contributed by atoms with van der Waals surface area (Å²) in [6, 6.07) is 12.5. The van der Waals surface area contributed by atoms with E-state index >= 15 is 0 Å². The first-order chi connectivity index (χ1) is 15.4. The van der Waals surface area contributed by atoms with Crippen molar-refractivity contribution < 1.29 is 4.79 Å². The molecule has 2 aromatic heterocycles. The Morgan fingerprint density at radius 2 is 1.94 bits per heavy atom. The minimum atomic E-state index is 0.0763. The van der Waals surface area contributed by atoms with Gasteiger partial charge in [-0.25, -0.2) is 4.98 Å². The molecule has 1 amide bonds. The zero-order valence-electron chi connectivity index (χ0n) is 18.7. The van der Waals surface area contributed by atoms with Crippen LogP contribution in [0.4, 0.5) is 11.5 Å². The van der Waals surface area contributed by atoms with Gasteiger partial charge in [-0.15, -0.1) is 0 Å². The van der Waals surface area contributed by atoms with Crippen LogP contribution < -0.4 is 10.2 Å². The van der Waals surface area contributed by atoms with Crippen molar-refractivity contribution in [2.45, 2.75) is 51.6 Å². The molecule has 1 aliphatic rings. The summed E-state index contributed by atoms with van der Waals surface area (Å²) in [4.78, 5) is 18.9. The Hall–Kier alpha value is -3.66. The van der Waals surface area contributed by atoms with Gasteiger partial charge in [0, 0.05) is 49.7 Å². The van der Waals surface area contributed by atoms with Gasteiger partial charge in [0.25, 0.3) is 0 Å². The summed E-state index contributed by atoms with van der Waals surface area (Å²) < 4.78 is 1.79. The van der Waals surface area contributed by atoms with Crippen molar-refractivity contribution in [2.24, 2.45) is 7.05 Å². The first-order valence-corrected chi connectivity index (χ1v) is 11.0. The van der Waals surface area contributed by atoms with E-state index in [1.165, 1.54) is 0 Å². The maximum absolute atomic E-state index is 12.6. The lowest BCUT2D eigenvalue weighted by molar-refractivity contribution is -0.117. The minimum Gasteiger partial charge on any atom is -0.367 e. The van der Waals surface area contributed by atoms with Gasteiger partial charge in [-0.3, -0.25) is 9.48 Å². The van der Waals surface area contributed by atoms with Crippen molar-refractivity contribution in [3.8, 4) is 17.2 Å². The number of nitriles is 1. The second kappa shape index (κ2) is 9.23. The van der Waals surface area contributed by atoms with Gasteiger partial charge in [-0.05, 0) is 68.0 Å². The molecule has 7 heteroatoms. The molecule has 0 saturated heterocycles. The van der Waals surface area contributed by atoms with Crippen LogP contribution >= 0.6 is 0 Å². The molecular formula is C25H28N6O. The van der Waals surface area contributed by atoms with Crippen molar-refractivity contribution in [2.75, 3.05) is 10.2 Å². The maximum Gasteiger partial charge on any atom is 0.224 e. The van der Waals surface area contributed by atoms with Gasteiger partial charge < -0.3 is 10.2 Å². The average molecular weight is 429 g/mol. The quantitative estimate of drug-likeness (QED) is 0.649. The van der Waals surface area contributed by atoms with Crippen LogP contribution in [0.1, 0.15) is 43.7 Å². The molecule has 164 valence electrons. The highest BCUT2D eigenvalue weighted by atomic mass is 16.2. The number of hydrogen-bond donors (Lipinski definition) is 1. The number of anilines is 2. The molecule has 0 spiro atoms. The number of aromatic nitrogens is 3. The Balaban J connectivity index is 1.44. The summed E-state index contributed by atoms with van der Waals surface area (Å²) in [5, 5.41) is 16.6. The van der Waals surface area contributed by atoms with Gasteiger partial charge in [-0.1, -0.05) is 6.07 Å². The van der Waals surface area contributed by atoms with Crippen LogP contribution in [-0.2, 0) is 11.8 Å². The highest BCUT2D eigenvalue weighted by Crippen LogP contribution is 2.33. The van der Waals surface area contributed by atoms with Crippen LogP contribution in [0.2, 0.25) is 0 Å². The summed E-state index contributed by atoms with van der Waals surface area (Å²) in [6.07, 6.45) is 9.21. The normalized spacial score (nSPS) is 18.1. The van der Waals surface area contributed by atoms with Crippen LogP contribution in [0.25, 0.3) is 11.1 Å². The average Bonchev–Trinajstić information content (AvgIpc) is 3.23. The summed E-state index contributed by atoms with van der Waals surface area (Å²) in [5.74, 6) is 0.866. The van der Waals surface area contributed by atoms with Gasteiger partial charge in [0.1, 0.15) is 11.9 Å². The van der Waals surface area contributed by atoms with Crippen LogP contribution in [0.5, 0.6) is 0 Å². The van der Waals surface area contributed by atoms with Gasteiger partial charge in [0.15, 0.2) is 0 Å². The maximum atomic E-state index is 12.6. The summed E-state index contributed by atoms with van der Waals surface area (Å²) in [6.45, 7) is 3.72. The monoisotopic (exact) mass is 428 g/mol. The molecule has 32 heavy (non-hydrogen) atoms. The fourth-order valence-electron chi connectivity index (χ4n) is 4.53. The Kier molecular flexibility index (Phi) is 6.22. The molecule has 7 nitrogen and oxygen atoms in total. The van der Waals surface area contributed by atoms with Crippen molar-refractivity contribution in [1.82, 2.24) is 14.8 Å². The molecule has 2 heterocycles. The molecule has 1 saturated carbocycles. The lowest BCUT2D eigenvalue weighted by atomic mass is 9.89. The minimum absolute atomic E-state index is 0.0763. The summed E-state index contributed by atoms with van der Waals surface area (Å²) in [5.41, 5.74) is 4.80. The first-order valence-electron chi connectivity index (χ1n) is 11.0. The Morgan fingerprint density at radius 1 is 1.16 bits per heavy atom. The number of rotatable bonds is 5. The standard InChI is InChI=1S/C25H28N6O/c1-17-12-20(21-15-28-30(3)16-21)5-10-24(17)31(18(2)32)23-8-6-22(7-9-23)29-25-11-4-19(13-26)14-27-25/h4-5,10-12,14-16,22-23H,6-9H2,1-3H3,(H,27,29). The molecule has 3 aromatic rings. The Morgan fingerprint density at radius 3 is 2.50 bits per heavy atom. The molecule has 1 aromatic carbocycles. The van der Waals surface area contributed by atoms with E-state index in [9.17, 15) is 4.79 Å². The Labute approximate surface area is 188 Å². The van der Waals surface area contributed by atoms with Gasteiger partial charge in [0.05, 0.1) is 11.8 Å². The van der Waals surface area contributed by atoms with Crippen LogP contribution in [0, 0.1) is 18.3 Å². The molecule has 0 atom stereocenters. The van der Waals surface area contributed by atoms with E-state index in [-0.39, 0.29) is 11.9 Å². The fraction of sp³-hybridized carbons (Fsp3) is 0.360. The predicted octanol–water partition coefficient (Wildman–Crippen LogP) is 4.44. The number of nitrogens with one attached hydrogen (secondary N) is 1. The highest BCUT2D eigenvalue weighted by Gasteiger charge is 2.29. The van der Waals surface area contributed by atoms with Crippen molar-refractivity contribution in [1.29, 1.82) is 5.26 Å². The molecule has 1 fully saturated rings. The van der Waals surface area contributed by atoms with Crippen molar-refractivity contribution in [3.63, 3.8) is 0 Å². The van der Waals surface area contributed by atoms with Crippen molar-refractivity contribution >= 4 is 17.4 Å². The lowest BCUT2D eigenvalue weighted by Crippen LogP contribution is -2.43. The number of amides is 1. The van der Waals surface area contributed by atoms with Gasteiger partial charge in [0.2, 0.25) is 5.91 Å². The number of carbonyl (C=O) groups is 1. The zero-order valence-corrected chi connectivity index (χ0v) is 18.7. The molecule has 0 unspecified atom stereocenters. The van der Waals surface area contributed by atoms with Crippen molar-refractivity contribution in [3.05, 3.63) is 60.0 Å². The molecule has 0 bridgehead atoms. The van der Waals surface area contributed by atoms with Gasteiger partial charge in [-0.2, -0.15) is 10.4 Å². The third-order valence-electron chi connectivity index (χ3n) is 6.14. The second-order valence-corrected chi connectivity index (χ2v) is 8.49. The smallest absolute Gasteiger partial charge is 0.224 e. The number of nitrogens with zero attached hydrogens (tertiary/aromatic N) is 5. The molecule has 0 radical (unpaired) electrons. The van der Waals surface area contributed by atoms with Crippen LogP contribution in [0.15, 0.2) is 48.9 Å². The fourth-order valence-corrected chi connectivity index (χ4v) is 4.53. The van der Waals surface area contributed by atoms with Gasteiger partial charge >= 0.3 is 0 Å². The Bertz CT molecular complexity index is 1140. The van der Waals surface area contributed by atoms with E-state index in [0.717, 1.165) is 53.9 Å². The van der Waals surface area contributed by atoms with E-state index in [0.29, 0.717) is 11.6 Å². The molecule has 0 aliphatic heterocycles. The largest absolute Gasteiger partial charge is 0.367 e. The summed E-state index contributed by atoms with van der Waals surface area (Å²) >= 11 is 0. The number of aryl methyl sites for hydroxylation is 2. The SMILES string of the molecule is CC(=O)N(c1ccc(-c2cnn(C)c2)cc1C)C1CCC(Nc2ccc(C#N)cn2)CC1. The molecule has 4 rings (SSSR count). The first kappa shape index (κ1) is 21.6. The van der Waals surface area contributed by atoms with E-state index in [1.54, 1.807) is 23.9 Å².